The van der Waals surface area contributed by atoms with Crippen LogP contribution in [0, 0.1) is 0 Å². The summed E-state index contributed by atoms with van der Waals surface area (Å²) in [5.41, 5.74) is 1.53. The first-order chi connectivity index (χ1) is 10.6. The second-order valence-corrected chi connectivity index (χ2v) is 6.05. The molecule has 0 bridgehead atoms. The molecule has 4 nitrogen and oxygen atoms in total. The van der Waals surface area contributed by atoms with Gasteiger partial charge in [0, 0.05) is 42.5 Å². The fourth-order valence-corrected chi connectivity index (χ4v) is 2.77. The first-order valence-electron chi connectivity index (χ1n) is 6.85. The van der Waals surface area contributed by atoms with Crippen molar-refractivity contribution >= 4 is 34.8 Å². The van der Waals surface area contributed by atoms with Gasteiger partial charge in [0.2, 0.25) is 5.91 Å². The molecule has 1 aromatic heterocycles. The van der Waals surface area contributed by atoms with Crippen molar-refractivity contribution in [3.8, 4) is 0 Å². The predicted molar refractivity (Wildman–Crippen MR) is 89.2 cm³/mol. The molecular formula is C16H17ClN2O2S. The lowest BCUT2D eigenvalue weighted by atomic mass is 10.2. The Morgan fingerprint density at radius 2 is 2.05 bits per heavy atom. The Balaban J connectivity index is 1.77. The van der Waals surface area contributed by atoms with Crippen molar-refractivity contribution in [2.45, 2.75) is 13.0 Å². The molecule has 1 aromatic carbocycles. The van der Waals surface area contributed by atoms with E-state index in [1.807, 2.05) is 23.6 Å². The number of carbonyl (C=O) groups excluding carboxylic acids is 2. The van der Waals surface area contributed by atoms with E-state index < -0.39 is 0 Å². The van der Waals surface area contributed by atoms with Crippen LogP contribution in [0.25, 0.3) is 0 Å². The fraction of sp³-hybridized carbons (Fsp3) is 0.250. The van der Waals surface area contributed by atoms with E-state index in [4.69, 9.17) is 11.6 Å². The number of nitrogens with zero attached hydrogens (tertiary/aromatic N) is 1. The summed E-state index contributed by atoms with van der Waals surface area (Å²) in [5.74, 6) is -0.187. The maximum atomic E-state index is 12.1. The van der Waals surface area contributed by atoms with Crippen molar-refractivity contribution < 1.29 is 9.59 Å². The lowest BCUT2D eigenvalue weighted by Crippen LogP contribution is -2.31. The molecule has 116 valence electrons. The van der Waals surface area contributed by atoms with Crippen LogP contribution in [0.5, 0.6) is 0 Å². The normalized spacial score (nSPS) is 10.3. The first kappa shape index (κ1) is 16.5. The number of carbonyl (C=O) groups is 2. The minimum Gasteiger partial charge on any atom is -0.351 e. The van der Waals surface area contributed by atoms with Gasteiger partial charge < -0.3 is 10.2 Å². The molecule has 6 heteroatoms. The lowest BCUT2D eigenvalue weighted by molar-refractivity contribution is -0.130. The van der Waals surface area contributed by atoms with Crippen LogP contribution in [0.4, 0.5) is 0 Å². The Bertz CT molecular complexity index is 643. The molecule has 22 heavy (non-hydrogen) atoms. The van der Waals surface area contributed by atoms with Gasteiger partial charge in [0.25, 0.3) is 5.91 Å². The summed E-state index contributed by atoms with van der Waals surface area (Å²) in [4.78, 5) is 25.4. The summed E-state index contributed by atoms with van der Waals surface area (Å²) in [6.45, 7) is 0.775. The molecule has 1 N–H and O–H groups in total. The Morgan fingerprint density at radius 3 is 2.73 bits per heavy atom. The molecule has 0 aliphatic carbocycles. The molecule has 0 unspecified atom stereocenters. The van der Waals surface area contributed by atoms with Crippen LogP contribution in [0.15, 0.2) is 41.1 Å². The molecule has 0 saturated carbocycles. The number of amides is 2. The van der Waals surface area contributed by atoms with E-state index in [2.05, 4.69) is 5.32 Å². The van der Waals surface area contributed by atoms with E-state index >= 15 is 0 Å². The summed E-state index contributed by atoms with van der Waals surface area (Å²) in [5, 5.41) is 7.01. The maximum Gasteiger partial charge on any atom is 0.252 e. The fourth-order valence-electron chi connectivity index (χ4n) is 1.94. The number of nitrogens with one attached hydrogen (secondary N) is 1. The standard InChI is InChI=1S/C16H17ClN2O2S/c1-19(10-12-4-2-3-5-14(12)17)15(20)6-8-18-16(21)13-7-9-22-11-13/h2-5,7,9,11H,6,8,10H2,1H3,(H,18,21). The first-order valence-corrected chi connectivity index (χ1v) is 8.18. The van der Waals surface area contributed by atoms with Gasteiger partial charge in [-0.15, -0.1) is 0 Å². The molecule has 0 aliphatic heterocycles. The van der Waals surface area contributed by atoms with Gasteiger partial charge in [0.05, 0.1) is 0 Å². The van der Waals surface area contributed by atoms with E-state index in [0.717, 1.165) is 5.56 Å². The van der Waals surface area contributed by atoms with Gasteiger partial charge in [-0.05, 0) is 23.1 Å². The number of hydrogen-bond donors (Lipinski definition) is 1. The third kappa shape index (κ3) is 4.58. The van der Waals surface area contributed by atoms with Crippen LogP contribution in [-0.2, 0) is 11.3 Å². The number of rotatable bonds is 6. The summed E-state index contributed by atoms with van der Waals surface area (Å²) in [6, 6.07) is 9.19. The summed E-state index contributed by atoms with van der Waals surface area (Å²) in [7, 11) is 1.73. The highest BCUT2D eigenvalue weighted by atomic mass is 35.5. The Morgan fingerprint density at radius 1 is 1.27 bits per heavy atom. The number of hydrogen-bond acceptors (Lipinski definition) is 3. The molecule has 0 atom stereocenters. The smallest absolute Gasteiger partial charge is 0.252 e. The molecule has 0 fully saturated rings. The zero-order valence-electron chi connectivity index (χ0n) is 12.2. The molecule has 1 heterocycles. The van der Waals surface area contributed by atoms with Crippen molar-refractivity contribution in [1.82, 2.24) is 10.2 Å². The number of benzene rings is 1. The molecule has 2 aromatic rings. The number of halogens is 1. The molecule has 0 saturated heterocycles. The second-order valence-electron chi connectivity index (χ2n) is 4.86. The van der Waals surface area contributed by atoms with Crippen LogP contribution in [0.1, 0.15) is 22.3 Å². The summed E-state index contributed by atoms with van der Waals surface area (Å²) < 4.78 is 0. The third-order valence-electron chi connectivity index (χ3n) is 3.20. The van der Waals surface area contributed by atoms with Gasteiger partial charge in [-0.3, -0.25) is 9.59 Å². The summed E-state index contributed by atoms with van der Waals surface area (Å²) >= 11 is 7.55. The van der Waals surface area contributed by atoms with Gasteiger partial charge in [0.1, 0.15) is 0 Å². The van der Waals surface area contributed by atoms with Crippen molar-refractivity contribution in [1.29, 1.82) is 0 Å². The molecule has 2 rings (SSSR count). The molecule has 2 amide bonds. The molecular weight excluding hydrogens is 320 g/mol. The van der Waals surface area contributed by atoms with Crippen LogP contribution < -0.4 is 5.32 Å². The van der Waals surface area contributed by atoms with E-state index in [1.165, 1.54) is 11.3 Å². The van der Waals surface area contributed by atoms with Crippen LogP contribution in [0.2, 0.25) is 5.02 Å². The van der Waals surface area contributed by atoms with E-state index in [0.29, 0.717) is 23.7 Å². The minimum absolute atomic E-state index is 0.0365. The Labute approximate surface area is 138 Å². The predicted octanol–water partition coefficient (Wildman–Crippen LogP) is 3.18. The van der Waals surface area contributed by atoms with Gasteiger partial charge in [-0.1, -0.05) is 29.8 Å². The largest absolute Gasteiger partial charge is 0.351 e. The summed E-state index contributed by atoms with van der Waals surface area (Å²) in [6.07, 6.45) is 0.261. The Hall–Kier alpha value is -1.85. The van der Waals surface area contributed by atoms with Crippen LogP contribution in [-0.4, -0.2) is 30.3 Å². The van der Waals surface area contributed by atoms with Gasteiger partial charge in [0.15, 0.2) is 0 Å². The van der Waals surface area contributed by atoms with E-state index in [1.54, 1.807) is 29.5 Å². The van der Waals surface area contributed by atoms with Crippen molar-refractivity contribution in [2.24, 2.45) is 0 Å². The molecule has 0 aliphatic rings. The van der Waals surface area contributed by atoms with Crippen LogP contribution in [0.3, 0.4) is 0 Å². The highest BCUT2D eigenvalue weighted by Crippen LogP contribution is 2.16. The van der Waals surface area contributed by atoms with E-state index in [9.17, 15) is 9.59 Å². The van der Waals surface area contributed by atoms with Crippen molar-refractivity contribution in [2.75, 3.05) is 13.6 Å². The molecule has 0 radical (unpaired) electrons. The molecule has 0 spiro atoms. The van der Waals surface area contributed by atoms with Gasteiger partial charge in [-0.25, -0.2) is 0 Å². The van der Waals surface area contributed by atoms with Crippen molar-refractivity contribution in [3.05, 3.63) is 57.2 Å². The zero-order chi connectivity index (χ0) is 15.9. The lowest BCUT2D eigenvalue weighted by Gasteiger charge is -2.18. The quantitative estimate of drug-likeness (QED) is 0.880. The topological polar surface area (TPSA) is 49.4 Å². The monoisotopic (exact) mass is 336 g/mol. The van der Waals surface area contributed by atoms with E-state index in [-0.39, 0.29) is 18.2 Å². The highest BCUT2D eigenvalue weighted by Gasteiger charge is 2.12. The average molecular weight is 337 g/mol. The van der Waals surface area contributed by atoms with Gasteiger partial charge in [-0.2, -0.15) is 11.3 Å². The zero-order valence-corrected chi connectivity index (χ0v) is 13.8. The Kier molecular flexibility index (Phi) is 5.98. The maximum absolute atomic E-state index is 12.1. The van der Waals surface area contributed by atoms with Crippen molar-refractivity contribution in [3.63, 3.8) is 0 Å². The van der Waals surface area contributed by atoms with Gasteiger partial charge >= 0.3 is 0 Å². The second kappa shape index (κ2) is 7.96. The number of thiophene rings is 1. The minimum atomic E-state index is -0.150. The highest BCUT2D eigenvalue weighted by molar-refractivity contribution is 7.08. The third-order valence-corrected chi connectivity index (χ3v) is 4.25. The SMILES string of the molecule is CN(Cc1ccccc1Cl)C(=O)CCNC(=O)c1ccsc1. The average Bonchev–Trinajstić information content (AvgIpc) is 3.03. The van der Waals surface area contributed by atoms with Crippen LogP contribution >= 0.6 is 22.9 Å².